The van der Waals surface area contributed by atoms with Gasteiger partial charge in [-0.05, 0) is 5.57 Å². The van der Waals surface area contributed by atoms with E-state index in [2.05, 4.69) is 18.5 Å². The first kappa shape index (κ1) is 11.2. The Morgan fingerprint density at radius 1 is 1.38 bits per heavy atom. The van der Waals surface area contributed by atoms with E-state index in [9.17, 15) is 4.79 Å². The maximum Gasteiger partial charge on any atom is 0.312 e. The Morgan fingerprint density at radius 3 is 2.54 bits per heavy atom. The molecule has 3 heteroatoms. The van der Waals surface area contributed by atoms with Crippen LogP contribution in [0.5, 0.6) is 0 Å². The van der Waals surface area contributed by atoms with Crippen LogP contribution in [0.3, 0.4) is 0 Å². The topological polar surface area (TPSA) is 55.1 Å². The molecule has 3 nitrogen and oxygen atoms in total. The van der Waals surface area contributed by atoms with Crippen LogP contribution in [0.4, 0.5) is 4.79 Å². The van der Waals surface area contributed by atoms with Gasteiger partial charge in [-0.1, -0.05) is 43.5 Å². The maximum absolute atomic E-state index is 10.4. The van der Waals surface area contributed by atoms with Gasteiger partial charge in [0.15, 0.2) is 0 Å². The lowest BCUT2D eigenvalue weighted by atomic mass is 10.2. The molecule has 0 radical (unpaired) electrons. The zero-order valence-corrected chi connectivity index (χ0v) is 7.49. The standard InChI is InChI=1S/C10H14N2O/c1-3-5-7-9(6-4-2)8-12-10(11)13/h3-7H,1-2,8H2,(H3,11,12,13)/b7-5-,9-6+. The lowest BCUT2D eigenvalue weighted by molar-refractivity contribution is 0.250. The summed E-state index contributed by atoms with van der Waals surface area (Å²) in [5.41, 5.74) is 5.83. The SMILES string of the molecule is C=C/C=C\C(=C/C=C)CNC(N)=O. The summed E-state index contributed by atoms with van der Waals surface area (Å²) in [6.45, 7) is 7.49. The number of hydrogen-bond acceptors (Lipinski definition) is 1. The molecule has 0 spiro atoms. The van der Waals surface area contributed by atoms with Gasteiger partial charge in [-0.15, -0.1) is 0 Å². The quantitative estimate of drug-likeness (QED) is 0.616. The second-order valence-electron chi connectivity index (χ2n) is 2.29. The lowest BCUT2D eigenvalue weighted by Gasteiger charge is -2.01. The fourth-order valence-corrected chi connectivity index (χ4v) is 0.706. The van der Waals surface area contributed by atoms with Crippen LogP contribution < -0.4 is 11.1 Å². The molecule has 0 atom stereocenters. The summed E-state index contributed by atoms with van der Waals surface area (Å²) in [4.78, 5) is 10.4. The van der Waals surface area contributed by atoms with Gasteiger partial charge >= 0.3 is 6.03 Å². The molecular formula is C10H14N2O. The number of carbonyl (C=O) groups is 1. The molecule has 0 rings (SSSR count). The molecule has 0 unspecified atom stereocenters. The van der Waals surface area contributed by atoms with Crippen molar-refractivity contribution >= 4 is 6.03 Å². The molecule has 2 amide bonds. The number of rotatable bonds is 5. The minimum Gasteiger partial charge on any atom is -0.352 e. The van der Waals surface area contributed by atoms with E-state index in [1.807, 2.05) is 6.08 Å². The second kappa shape index (κ2) is 6.91. The van der Waals surface area contributed by atoms with E-state index in [1.54, 1.807) is 24.3 Å². The number of nitrogens with one attached hydrogen (secondary N) is 1. The van der Waals surface area contributed by atoms with Crippen LogP contribution >= 0.6 is 0 Å². The molecule has 0 bridgehead atoms. The number of carbonyl (C=O) groups excluding carboxylic acids is 1. The molecule has 0 aliphatic heterocycles. The summed E-state index contributed by atoms with van der Waals surface area (Å²) in [7, 11) is 0. The largest absolute Gasteiger partial charge is 0.352 e. The highest BCUT2D eigenvalue weighted by Crippen LogP contribution is 1.95. The predicted molar refractivity (Wildman–Crippen MR) is 55.2 cm³/mol. The van der Waals surface area contributed by atoms with E-state index < -0.39 is 6.03 Å². The summed E-state index contributed by atoms with van der Waals surface area (Å²) in [5.74, 6) is 0. The number of amides is 2. The van der Waals surface area contributed by atoms with Gasteiger partial charge in [-0.3, -0.25) is 0 Å². The Bertz CT molecular complexity index is 252. The fourth-order valence-electron chi connectivity index (χ4n) is 0.706. The van der Waals surface area contributed by atoms with Crippen molar-refractivity contribution in [1.82, 2.24) is 5.32 Å². The Balaban J connectivity index is 4.18. The Morgan fingerprint density at radius 2 is 2.08 bits per heavy atom. The molecular weight excluding hydrogens is 164 g/mol. The van der Waals surface area contributed by atoms with Gasteiger partial charge in [0.05, 0.1) is 0 Å². The number of allylic oxidation sites excluding steroid dienone is 4. The van der Waals surface area contributed by atoms with Gasteiger partial charge in [-0.25, -0.2) is 4.79 Å². The number of hydrogen-bond donors (Lipinski definition) is 2. The van der Waals surface area contributed by atoms with Crippen LogP contribution in [0.15, 0.2) is 49.1 Å². The van der Waals surface area contributed by atoms with Gasteiger partial charge in [-0.2, -0.15) is 0 Å². The van der Waals surface area contributed by atoms with Crippen molar-refractivity contribution in [1.29, 1.82) is 0 Å². The monoisotopic (exact) mass is 178 g/mol. The van der Waals surface area contributed by atoms with Gasteiger partial charge in [0, 0.05) is 6.54 Å². The molecule has 13 heavy (non-hydrogen) atoms. The minimum absolute atomic E-state index is 0.395. The smallest absolute Gasteiger partial charge is 0.312 e. The van der Waals surface area contributed by atoms with Crippen molar-refractivity contribution < 1.29 is 4.79 Å². The average Bonchev–Trinajstić information content (AvgIpc) is 2.09. The lowest BCUT2D eigenvalue weighted by Crippen LogP contribution is -2.30. The Hall–Kier alpha value is -1.77. The zero-order valence-electron chi connectivity index (χ0n) is 7.49. The van der Waals surface area contributed by atoms with Crippen LogP contribution in [-0.2, 0) is 0 Å². The van der Waals surface area contributed by atoms with Crippen LogP contribution in [0.1, 0.15) is 0 Å². The van der Waals surface area contributed by atoms with Crippen molar-refractivity contribution in [2.45, 2.75) is 0 Å². The summed E-state index contributed by atoms with van der Waals surface area (Å²) >= 11 is 0. The third kappa shape index (κ3) is 6.62. The Labute approximate surface area is 78.3 Å². The van der Waals surface area contributed by atoms with E-state index in [0.29, 0.717) is 6.54 Å². The normalized spacial score (nSPS) is 11.2. The maximum atomic E-state index is 10.4. The molecule has 0 saturated carbocycles. The van der Waals surface area contributed by atoms with Crippen LogP contribution in [0.25, 0.3) is 0 Å². The third-order valence-electron chi connectivity index (χ3n) is 1.25. The molecule has 0 aliphatic carbocycles. The highest BCUT2D eigenvalue weighted by Gasteiger charge is 1.92. The molecule has 0 saturated heterocycles. The van der Waals surface area contributed by atoms with Gasteiger partial charge < -0.3 is 11.1 Å². The highest BCUT2D eigenvalue weighted by atomic mass is 16.2. The summed E-state index contributed by atoms with van der Waals surface area (Å²) in [6.07, 6.45) is 8.69. The van der Waals surface area contributed by atoms with E-state index in [0.717, 1.165) is 5.57 Å². The molecule has 0 aromatic heterocycles. The predicted octanol–water partition coefficient (Wildman–Crippen LogP) is 1.51. The highest BCUT2D eigenvalue weighted by molar-refractivity contribution is 5.72. The second-order valence-corrected chi connectivity index (χ2v) is 2.29. The van der Waals surface area contributed by atoms with E-state index in [-0.39, 0.29) is 0 Å². The Kier molecular flexibility index (Phi) is 5.97. The number of nitrogens with two attached hydrogens (primary N) is 1. The molecule has 3 N–H and O–H groups in total. The van der Waals surface area contributed by atoms with Crippen molar-refractivity contribution in [3.05, 3.63) is 49.1 Å². The van der Waals surface area contributed by atoms with E-state index in [1.165, 1.54) is 0 Å². The summed E-state index contributed by atoms with van der Waals surface area (Å²) in [5, 5.41) is 2.48. The molecule has 0 aromatic carbocycles. The van der Waals surface area contributed by atoms with Crippen LogP contribution in [0.2, 0.25) is 0 Å². The number of primary amides is 1. The van der Waals surface area contributed by atoms with Gasteiger partial charge in [0.2, 0.25) is 0 Å². The summed E-state index contributed by atoms with van der Waals surface area (Å²) in [6, 6.07) is -0.540. The fraction of sp³-hybridized carbons (Fsp3) is 0.100. The van der Waals surface area contributed by atoms with Crippen molar-refractivity contribution in [2.24, 2.45) is 5.73 Å². The minimum atomic E-state index is -0.540. The average molecular weight is 178 g/mol. The van der Waals surface area contributed by atoms with Crippen molar-refractivity contribution in [3.8, 4) is 0 Å². The molecule has 0 heterocycles. The molecule has 0 aromatic rings. The van der Waals surface area contributed by atoms with Crippen molar-refractivity contribution in [3.63, 3.8) is 0 Å². The van der Waals surface area contributed by atoms with Crippen LogP contribution in [0, 0.1) is 0 Å². The van der Waals surface area contributed by atoms with Crippen LogP contribution in [-0.4, -0.2) is 12.6 Å². The molecule has 70 valence electrons. The third-order valence-corrected chi connectivity index (χ3v) is 1.25. The first-order valence-corrected chi connectivity index (χ1v) is 3.84. The first-order chi connectivity index (χ1) is 6.20. The summed E-state index contributed by atoms with van der Waals surface area (Å²) < 4.78 is 0. The van der Waals surface area contributed by atoms with E-state index in [4.69, 9.17) is 5.73 Å². The van der Waals surface area contributed by atoms with Crippen molar-refractivity contribution in [2.75, 3.05) is 6.54 Å². The molecule has 0 aliphatic rings. The first-order valence-electron chi connectivity index (χ1n) is 3.84. The zero-order chi connectivity index (χ0) is 10.1. The van der Waals surface area contributed by atoms with E-state index >= 15 is 0 Å². The van der Waals surface area contributed by atoms with Gasteiger partial charge in [0.25, 0.3) is 0 Å². The molecule has 0 fully saturated rings. The van der Waals surface area contributed by atoms with Gasteiger partial charge in [0.1, 0.15) is 0 Å². The number of urea groups is 1.